The van der Waals surface area contributed by atoms with Crippen LogP contribution in [0.4, 0.5) is 4.39 Å². The zero-order valence-electron chi connectivity index (χ0n) is 8.85. The van der Waals surface area contributed by atoms with Crippen LogP contribution < -0.4 is 0 Å². The molecule has 0 aliphatic carbocycles. The van der Waals surface area contributed by atoms with Crippen LogP contribution in [0, 0.1) is 5.82 Å². The predicted molar refractivity (Wildman–Crippen MR) is 68.9 cm³/mol. The van der Waals surface area contributed by atoms with Crippen molar-refractivity contribution in [2.24, 2.45) is 0 Å². The Morgan fingerprint density at radius 1 is 1.00 bits per heavy atom. The highest BCUT2D eigenvalue weighted by atomic mass is 32.1. The highest BCUT2D eigenvalue weighted by Gasteiger charge is 2.06. The lowest BCUT2D eigenvalue weighted by Gasteiger charge is -1.99. The molecule has 1 heterocycles. The van der Waals surface area contributed by atoms with Gasteiger partial charge in [0.2, 0.25) is 0 Å². The minimum atomic E-state index is -0.588. The van der Waals surface area contributed by atoms with Crippen LogP contribution in [-0.2, 0) is 0 Å². The number of aromatic hydroxyl groups is 1. The molecule has 0 spiro atoms. The molecule has 3 rings (SSSR count). The normalized spacial score (nSPS) is 10.9. The molecule has 3 aromatic rings. The lowest BCUT2D eigenvalue weighted by atomic mass is 10.1. The first-order valence-electron chi connectivity index (χ1n) is 5.21. The second kappa shape index (κ2) is 3.86. The van der Waals surface area contributed by atoms with Crippen LogP contribution in [0.1, 0.15) is 0 Å². The third-order valence-electron chi connectivity index (χ3n) is 2.66. The molecule has 1 nitrogen and oxygen atoms in total. The van der Waals surface area contributed by atoms with E-state index >= 15 is 0 Å². The Morgan fingerprint density at radius 3 is 2.59 bits per heavy atom. The molecule has 0 aliphatic heterocycles. The van der Waals surface area contributed by atoms with E-state index in [0.717, 1.165) is 15.8 Å². The Morgan fingerprint density at radius 2 is 1.82 bits per heavy atom. The van der Waals surface area contributed by atoms with E-state index in [1.54, 1.807) is 17.4 Å². The maximum Gasteiger partial charge on any atom is 0.164 e. The third kappa shape index (κ3) is 1.78. The number of benzene rings is 2. The number of fused-ring (bicyclic) bond motifs is 1. The van der Waals surface area contributed by atoms with E-state index in [1.165, 1.54) is 16.8 Å². The second-order valence-corrected chi connectivity index (χ2v) is 4.90. The Bertz CT molecular complexity index is 655. The van der Waals surface area contributed by atoms with Gasteiger partial charge in [-0.2, -0.15) is 0 Å². The Labute approximate surface area is 102 Å². The summed E-state index contributed by atoms with van der Waals surface area (Å²) in [4.78, 5) is 1.03. The van der Waals surface area contributed by atoms with E-state index in [1.807, 2.05) is 30.3 Å². The first kappa shape index (κ1) is 10.3. The molecule has 0 radical (unpaired) electrons. The number of phenolic OH excluding ortho intramolecular Hbond substituents is 1. The van der Waals surface area contributed by atoms with E-state index < -0.39 is 5.82 Å². The first-order valence-corrected chi connectivity index (χ1v) is 6.03. The van der Waals surface area contributed by atoms with Crippen molar-refractivity contribution in [3.05, 3.63) is 54.3 Å². The van der Waals surface area contributed by atoms with Crippen LogP contribution in [0.2, 0.25) is 0 Å². The van der Waals surface area contributed by atoms with Crippen molar-refractivity contribution >= 4 is 21.4 Å². The second-order valence-electron chi connectivity index (χ2n) is 3.81. The molecule has 3 heteroatoms. The quantitative estimate of drug-likeness (QED) is 0.672. The number of rotatable bonds is 1. The molecule has 84 valence electrons. The predicted octanol–water partition coefficient (Wildman–Crippen LogP) is 4.41. The average molecular weight is 244 g/mol. The monoisotopic (exact) mass is 244 g/mol. The molecular formula is C14H9FOS. The van der Waals surface area contributed by atoms with Gasteiger partial charge >= 0.3 is 0 Å². The van der Waals surface area contributed by atoms with Gasteiger partial charge in [-0.1, -0.05) is 24.3 Å². The molecule has 17 heavy (non-hydrogen) atoms. The summed E-state index contributed by atoms with van der Waals surface area (Å²) in [5, 5.41) is 10.5. The number of hydrogen-bond acceptors (Lipinski definition) is 2. The van der Waals surface area contributed by atoms with Gasteiger partial charge in [-0.3, -0.25) is 0 Å². The molecule has 2 aromatic carbocycles. The molecule has 0 atom stereocenters. The summed E-state index contributed by atoms with van der Waals surface area (Å²) in [5.74, 6) is -0.894. The maximum absolute atomic E-state index is 13.0. The zero-order valence-corrected chi connectivity index (χ0v) is 9.67. The standard InChI is InChI=1S/C14H9FOS/c15-11-6-5-10(7-12(11)16)14-8-9-3-1-2-4-13(9)17-14/h1-8,16H. The summed E-state index contributed by atoms with van der Waals surface area (Å²) in [7, 11) is 0. The lowest BCUT2D eigenvalue weighted by molar-refractivity contribution is 0.433. The van der Waals surface area contributed by atoms with E-state index in [0.29, 0.717) is 0 Å². The molecule has 0 saturated carbocycles. The lowest BCUT2D eigenvalue weighted by Crippen LogP contribution is -1.77. The van der Waals surface area contributed by atoms with Crippen molar-refractivity contribution in [1.29, 1.82) is 0 Å². The zero-order chi connectivity index (χ0) is 11.8. The molecule has 0 saturated heterocycles. The van der Waals surface area contributed by atoms with Crippen molar-refractivity contribution in [3.63, 3.8) is 0 Å². The number of thiophene rings is 1. The number of phenols is 1. The molecule has 0 unspecified atom stereocenters. The van der Waals surface area contributed by atoms with Gasteiger partial charge < -0.3 is 5.11 Å². The van der Waals surface area contributed by atoms with Gasteiger partial charge in [0.05, 0.1) is 0 Å². The minimum absolute atomic E-state index is 0.306. The van der Waals surface area contributed by atoms with Crippen LogP contribution >= 0.6 is 11.3 Å². The van der Waals surface area contributed by atoms with Crippen LogP contribution in [0.25, 0.3) is 20.5 Å². The Kier molecular flexibility index (Phi) is 2.34. The molecule has 1 N–H and O–H groups in total. The van der Waals surface area contributed by atoms with Crippen molar-refractivity contribution in [3.8, 4) is 16.2 Å². The van der Waals surface area contributed by atoms with Gasteiger partial charge in [0, 0.05) is 9.58 Å². The topological polar surface area (TPSA) is 20.2 Å². The smallest absolute Gasteiger partial charge is 0.164 e. The summed E-state index contributed by atoms with van der Waals surface area (Å²) < 4.78 is 14.2. The maximum atomic E-state index is 13.0. The minimum Gasteiger partial charge on any atom is -0.505 e. The van der Waals surface area contributed by atoms with Crippen LogP contribution in [0.15, 0.2) is 48.5 Å². The average Bonchev–Trinajstić information content (AvgIpc) is 2.76. The first-order chi connectivity index (χ1) is 8.24. The number of halogens is 1. The van der Waals surface area contributed by atoms with Crippen molar-refractivity contribution < 1.29 is 9.50 Å². The van der Waals surface area contributed by atoms with Crippen LogP contribution in [0.5, 0.6) is 5.75 Å². The largest absolute Gasteiger partial charge is 0.505 e. The van der Waals surface area contributed by atoms with Gasteiger partial charge in [-0.15, -0.1) is 11.3 Å². The molecular weight excluding hydrogens is 235 g/mol. The SMILES string of the molecule is Oc1cc(-c2cc3ccccc3s2)ccc1F. The van der Waals surface area contributed by atoms with E-state index in [-0.39, 0.29) is 5.75 Å². The summed E-state index contributed by atoms with van der Waals surface area (Å²) >= 11 is 1.63. The highest BCUT2D eigenvalue weighted by Crippen LogP contribution is 2.35. The molecule has 0 aliphatic rings. The Hall–Kier alpha value is -1.87. The fourth-order valence-corrected chi connectivity index (χ4v) is 2.85. The van der Waals surface area contributed by atoms with Crippen molar-refractivity contribution in [1.82, 2.24) is 0 Å². The van der Waals surface area contributed by atoms with Crippen LogP contribution in [-0.4, -0.2) is 5.11 Å². The van der Waals surface area contributed by atoms with Gasteiger partial charge in [0.25, 0.3) is 0 Å². The van der Waals surface area contributed by atoms with Gasteiger partial charge in [0.1, 0.15) is 0 Å². The summed E-state index contributed by atoms with van der Waals surface area (Å²) in [6, 6.07) is 14.5. The molecule has 1 aromatic heterocycles. The molecule has 0 fully saturated rings. The van der Waals surface area contributed by atoms with E-state index in [4.69, 9.17) is 0 Å². The fourth-order valence-electron chi connectivity index (χ4n) is 1.79. The van der Waals surface area contributed by atoms with E-state index in [2.05, 4.69) is 0 Å². The summed E-state index contributed by atoms with van der Waals surface area (Å²) in [6.45, 7) is 0. The Balaban J connectivity index is 2.17. The molecule has 0 amide bonds. The van der Waals surface area contributed by atoms with E-state index in [9.17, 15) is 9.50 Å². The summed E-state index contributed by atoms with van der Waals surface area (Å²) in [5.41, 5.74) is 0.838. The van der Waals surface area contributed by atoms with Gasteiger partial charge in [0.15, 0.2) is 11.6 Å². The third-order valence-corrected chi connectivity index (χ3v) is 3.82. The highest BCUT2D eigenvalue weighted by molar-refractivity contribution is 7.22. The van der Waals surface area contributed by atoms with Crippen molar-refractivity contribution in [2.45, 2.75) is 0 Å². The van der Waals surface area contributed by atoms with Crippen LogP contribution in [0.3, 0.4) is 0 Å². The molecule has 0 bridgehead atoms. The van der Waals surface area contributed by atoms with Gasteiger partial charge in [-0.05, 0) is 35.2 Å². The fraction of sp³-hybridized carbons (Fsp3) is 0. The summed E-state index contributed by atoms with van der Waals surface area (Å²) in [6.07, 6.45) is 0. The van der Waals surface area contributed by atoms with Crippen molar-refractivity contribution in [2.75, 3.05) is 0 Å². The van der Waals surface area contributed by atoms with Gasteiger partial charge in [-0.25, -0.2) is 4.39 Å². The number of hydrogen-bond donors (Lipinski definition) is 1.